The van der Waals surface area contributed by atoms with E-state index in [1.54, 1.807) is 6.07 Å². The van der Waals surface area contributed by atoms with Gasteiger partial charge in [-0.3, -0.25) is 0 Å². The molecule has 2 rings (SSSR count). The number of aliphatic hydroxyl groups is 1. The highest BCUT2D eigenvalue weighted by Gasteiger charge is 2.56. The summed E-state index contributed by atoms with van der Waals surface area (Å²) < 4.78 is 46.5. The summed E-state index contributed by atoms with van der Waals surface area (Å²) in [5, 5.41) is 13.0. The minimum Gasteiger partial charge on any atom is -0.465 e. The summed E-state index contributed by atoms with van der Waals surface area (Å²) in [7, 11) is 1.42. The lowest BCUT2D eigenvalue weighted by Crippen LogP contribution is -2.46. The van der Waals surface area contributed by atoms with Gasteiger partial charge in [-0.2, -0.15) is 13.2 Å². The predicted molar refractivity (Wildman–Crippen MR) is 77.6 cm³/mol. The third-order valence-corrected chi connectivity index (χ3v) is 3.69. The first-order valence-electron chi connectivity index (χ1n) is 7.33. The third-order valence-electron chi connectivity index (χ3n) is 3.69. The largest absolute Gasteiger partial charge is 0.465 e. The van der Waals surface area contributed by atoms with Crippen molar-refractivity contribution in [1.29, 1.82) is 0 Å². The van der Waals surface area contributed by atoms with Gasteiger partial charge in [-0.15, -0.1) is 0 Å². The van der Waals surface area contributed by atoms with Gasteiger partial charge in [-0.25, -0.2) is 4.98 Å². The van der Waals surface area contributed by atoms with Crippen molar-refractivity contribution >= 4 is 0 Å². The van der Waals surface area contributed by atoms with Crippen LogP contribution in [0, 0.1) is 0 Å². The van der Waals surface area contributed by atoms with Crippen molar-refractivity contribution in [3.05, 3.63) is 41.9 Å². The molecule has 128 valence electrons. The molecule has 8 heteroatoms. The Morgan fingerprint density at radius 2 is 2.00 bits per heavy atom. The number of nitrogens with one attached hydrogen (secondary N) is 1. The van der Waals surface area contributed by atoms with Crippen molar-refractivity contribution < 1.29 is 22.7 Å². The first-order chi connectivity index (χ1) is 10.8. The molecule has 0 aliphatic carbocycles. The highest BCUT2D eigenvalue weighted by atomic mass is 19.4. The van der Waals surface area contributed by atoms with Crippen molar-refractivity contribution in [2.75, 3.05) is 6.54 Å². The lowest BCUT2D eigenvalue weighted by molar-refractivity contribution is -0.272. The fourth-order valence-corrected chi connectivity index (χ4v) is 2.33. The molecule has 2 aromatic heterocycles. The van der Waals surface area contributed by atoms with E-state index in [1.165, 1.54) is 24.0 Å². The van der Waals surface area contributed by atoms with Crippen LogP contribution in [-0.4, -0.2) is 27.4 Å². The maximum atomic E-state index is 13.3. The maximum Gasteiger partial charge on any atom is 0.424 e. The fourth-order valence-electron chi connectivity index (χ4n) is 2.33. The van der Waals surface area contributed by atoms with E-state index >= 15 is 0 Å². The average molecular weight is 331 g/mol. The Balaban J connectivity index is 1.98. The summed E-state index contributed by atoms with van der Waals surface area (Å²) in [6, 6.07) is 3.61. The van der Waals surface area contributed by atoms with Crippen molar-refractivity contribution in [1.82, 2.24) is 14.9 Å². The third kappa shape index (κ3) is 3.76. The Bertz CT molecular complexity index is 636. The molecule has 0 saturated carbocycles. The lowest BCUT2D eigenvalue weighted by Gasteiger charge is -2.30. The van der Waals surface area contributed by atoms with Crippen molar-refractivity contribution in [3.8, 4) is 0 Å². The number of aryl methyl sites for hydroxylation is 2. The number of aromatic nitrogens is 2. The zero-order valence-corrected chi connectivity index (χ0v) is 13.0. The van der Waals surface area contributed by atoms with E-state index in [-0.39, 0.29) is 6.54 Å². The second kappa shape index (κ2) is 6.76. The molecule has 0 radical (unpaired) electrons. The number of hydrogen-bond acceptors (Lipinski definition) is 4. The Kier molecular flexibility index (Phi) is 5.16. The SMILES string of the molecule is CCc1ccc(CNCCC(O)(c2nccn2C)C(F)(F)F)o1. The standard InChI is InChI=1S/C15H20F3N3O2/c1-3-11-4-5-12(23-11)10-19-7-6-14(22,15(16,17)18)13-20-8-9-21(13)2/h4-5,8-9,19,22H,3,6-7,10H2,1-2H3. The van der Waals surface area contributed by atoms with Gasteiger partial charge in [0.2, 0.25) is 5.60 Å². The van der Waals surface area contributed by atoms with Crippen LogP contribution in [0.2, 0.25) is 0 Å². The zero-order valence-electron chi connectivity index (χ0n) is 13.0. The quantitative estimate of drug-likeness (QED) is 0.765. The molecule has 5 nitrogen and oxygen atoms in total. The molecule has 2 N–H and O–H groups in total. The molecule has 1 atom stereocenters. The van der Waals surface area contributed by atoms with Crippen molar-refractivity contribution in [2.24, 2.45) is 7.05 Å². The van der Waals surface area contributed by atoms with E-state index in [0.717, 1.165) is 12.2 Å². The molecule has 2 heterocycles. The van der Waals surface area contributed by atoms with Crippen LogP contribution in [-0.2, 0) is 25.6 Å². The summed E-state index contributed by atoms with van der Waals surface area (Å²) in [4.78, 5) is 3.65. The van der Waals surface area contributed by atoms with Crippen LogP contribution in [0.3, 0.4) is 0 Å². The molecule has 0 spiro atoms. The lowest BCUT2D eigenvalue weighted by atomic mass is 9.97. The highest BCUT2D eigenvalue weighted by molar-refractivity contribution is 5.09. The number of alkyl halides is 3. The highest BCUT2D eigenvalue weighted by Crippen LogP contribution is 2.40. The van der Waals surface area contributed by atoms with Gasteiger partial charge in [0.05, 0.1) is 6.54 Å². The van der Waals surface area contributed by atoms with Crippen molar-refractivity contribution in [2.45, 2.75) is 38.1 Å². The molecule has 0 aromatic carbocycles. The molecule has 0 saturated heterocycles. The Morgan fingerprint density at radius 3 is 2.52 bits per heavy atom. The number of imidazole rings is 1. The first kappa shape index (κ1) is 17.6. The van der Waals surface area contributed by atoms with Crippen LogP contribution in [0.15, 0.2) is 28.9 Å². The van der Waals surface area contributed by atoms with Crippen LogP contribution in [0.5, 0.6) is 0 Å². The van der Waals surface area contributed by atoms with Gasteiger partial charge in [0.15, 0.2) is 0 Å². The van der Waals surface area contributed by atoms with Gasteiger partial charge in [0.1, 0.15) is 17.3 Å². The van der Waals surface area contributed by atoms with Crippen LogP contribution >= 0.6 is 0 Å². The molecule has 0 bridgehead atoms. The zero-order chi connectivity index (χ0) is 17.1. The smallest absolute Gasteiger partial charge is 0.424 e. The Hall–Kier alpha value is -1.80. The van der Waals surface area contributed by atoms with Gasteiger partial charge in [-0.1, -0.05) is 6.92 Å². The van der Waals surface area contributed by atoms with Crippen LogP contribution in [0.25, 0.3) is 0 Å². The van der Waals surface area contributed by atoms with E-state index in [4.69, 9.17) is 4.42 Å². The maximum absolute atomic E-state index is 13.3. The van der Waals surface area contributed by atoms with Gasteiger partial charge >= 0.3 is 6.18 Å². The van der Waals surface area contributed by atoms with Crippen LogP contribution in [0.1, 0.15) is 30.7 Å². The molecule has 1 unspecified atom stereocenters. The molecule has 0 fully saturated rings. The minimum absolute atomic E-state index is 0.0367. The summed E-state index contributed by atoms with van der Waals surface area (Å²) >= 11 is 0. The predicted octanol–water partition coefficient (Wildman–Crippen LogP) is 2.51. The van der Waals surface area contributed by atoms with Crippen molar-refractivity contribution in [3.63, 3.8) is 0 Å². The summed E-state index contributed by atoms with van der Waals surface area (Å²) in [5.74, 6) is 1.05. The van der Waals surface area contributed by atoms with Gasteiger partial charge in [-0.05, 0) is 18.7 Å². The summed E-state index contributed by atoms with van der Waals surface area (Å²) in [6.45, 7) is 2.21. The van der Waals surface area contributed by atoms with Gasteiger partial charge in [0, 0.05) is 32.3 Å². The topological polar surface area (TPSA) is 63.2 Å². The second-order valence-electron chi connectivity index (χ2n) is 5.37. The van der Waals surface area contributed by atoms with E-state index in [1.807, 2.05) is 13.0 Å². The van der Waals surface area contributed by atoms with Crippen LogP contribution < -0.4 is 5.32 Å². The Labute approximate surface area is 132 Å². The molecule has 23 heavy (non-hydrogen) atoms. The Morgan fingerprint density at radius 1 is 1.30 bits per heavy atom. The normalized spacial score (nSPS) is 14.9. The second-order valence-corrected chi connectivity index (χ2v) is 5.37. The van der Waals surface area contributed by atoms with Gasteiger partial charge in [0.25, 0.3) is 0 Å². The summed E-state index contributed by atoms with van der Waals surface area (Å²) in [5.41, 5.74) is -2.99. The molecular weight excluding hydrogens is 311 g/mol. The minimum atomic E-state index is -4.81. The van der Waals surface area contributed by atoms with E-state index < -0.39 is 24.0 Å². The van der Waals surface area contributed by atoms with E-state index in [0.29, 0.717) is 12.3 Å². The monoisotopic (exact) mass is 331 g/mol. The molecular formula is C15H20F3N3O2. The molecule has 0 amide bonds. The molecule has 2 aromatic rings. The summed E-state index contributed by atoms with van der Waals surface area (Å²) in [6.07, 6.45) is -1.99. The fraction of sp³-hybridized carbons (Fsp3) is 0.533. The molecule has 0 aliphatic rings. The van der Waals surface area contributed by atoms with E-state index in [2.05, 4.69) is 10.3 Å². The van der Waals surface area contributed by atoms with Crippen LogP contribution in [0.4, 0.5) is 13.2 Å². The number of hydrogen-bond donors (Lipinski definition) is 2. The first-order valence-corrected chi connectivity index (χ1v) is 7.33. The molecule has 0 aliphatic heterocycles. The number of furan rings is 1. The number of rotatable bonds is 7. The number of nitrogens with zero attached hydrogens (tertiary/aromatic N) is 2. The van der Waals surface area contributed by atoms with Gasteiger partial charge < -0.3 is 19.4 Å². The van der Waals surface area contributed by atoms with E-state index in [9.17, 15) is 18.3 Å². The number of halogens is 3. The average Bonchev–Trinajstić information content (AvgIpc) is 3.11.